The van der Waals surface area contributed by atoms with Crippen molar-refractivity contribution in [1.82, 2.24) is 0 Å². The van der Waals surface area contributed by atoms with Gasteiger partial charge in [0.1, 0.15) is 0 Å². The van der Waals surface area contributed by atoms with E-state index >= 15 is 0 Å². The van der Waals surface area contributed by atoms with Gasteiger partial charge in [-0.25, -0.2) is 4.79 Å². The molecule has 1 saturated carbocycles. The van der Waals surface area contributed by atoms with Crippen molar-refractivity contribution in [2.75, 3.05) is 6.61 Å². The lowest BCUT2D eigenvalue weighted by Crippen LogP contribution is -2.15. The average molecular weight is 220 g/mol. The third kappa shape index (κ3) is 5.09. The van der Waals surface area contributed by atoms with Gasteiger partial charge in [0.2, 0.25) is 0 Å². The molecule has 2 nitrogen and oxygen atoms in total. The van der Waals surface area contributed by atoms with Crippen LogP contribution in [0.25, 0.3) is 0 Å². The summed E-state index contributed by atoms with van der Waals surface area (Å²) < 4.78 is 27.9. The third-order valence-corrected chi connectivity index (χ3v) is 2.90. The molecule has 1 aliphatic carbocycles. The Bertz CT molecular complexity index is 189. The molecule has 1 aliphatic rings. The van der Waals surface area contributed by atoms with Crippen molar-refractivity contribution >= 4 is 5.97 Å². The molecule has 0 unspecified atom stereocenters. The van der Waals surface area contributed by atoms with Crippen molar-refractivity contribution in [2.24, 2.45) is 5.92 Å². The van der Waals surface area contributed by atoms with Crippen LogP contribution in [0.2, 0.25) is 0 Å². The Hall–Kier alpha value is -0.670. The summed E-state index contributed by atoms with van der Waals surface area (Å²) in [7, 11) is 0. The third-order valence-electron chi connectivity index (χ3n) is 2.90. The fraction of sp³-hybridized carbons (Fsp3) is 0.909. The van der Waals surface area contributed by atoms with Gasteiger partial charge in [-0.3, -0.25) is 0 Å². The minimum absolute atomic E-state index is 0.139. The molecule has 0 aromatic rings. The van der Waals surface area contributed by atoms with Crippen molar-refractivity contribution < 1.29 is 18.3 Å². The number of carbonyl (C=O) groups is 1. The van der Waals surface area contributed by atoms with E-state index in [4.69, 9.17) is 0 Å². The molecule has 0 saturated heterocycles. The molecule has 15 heavy (non-hydrogen) atoms. The van der Waals surface area contributed by atoms with Crippen LogP contribution in [0.1, 0.15) is 44.9 Å². The van der Waals surface area contributed by atoms with Gasteiger partial charge in [0.05, 0.1) is 6.61 Å². The molecule has 1 fully saturated rings. The second-order valence-electron chi connectivity index (χ2n) is 4.11. The Morgan fingerprint density at radius 3 is 2.53 bits per heavy atom. The van der Waals surface area contributed by atoms with Gasteiger partial charge in [-0.1, -0.05) is 32.1 Å². The van der Waals surface area contributed by atoms with Gasteiger partial charge >= 0.3 is 12.4 Å². The highest BCUT2D eigenvalue weighted by atomic mass is 19.3. The van der Waals surface area contributed by atoms with Crippen molar-refractivity contribution in [1.29, 1.82) is 0 Å². The van der Waals surface area contributed by atoms with E-state index in [2.05, 4.69) is 4.74 Å². The summed E-state index contributed by atoms with van der Waals surface area (Å²) in [6.07, 6.45) is 5.07. The van der Waals surface area contributed by atoms with E-state index < -0.39 is 12.4 Å². The van der Waals surface area contributed by atoms with Crippen molar-refractivity contribution in [3.63, 3.8) is 0 Å². The first-order valence-electron chi connectivity index (χ1n) is 5.65. The largest absolute Gasteiger partial charge is 0.461 e. The van der Waals surface area contributed by atoms with Crippen LogP contribution in [0.4, 0.5) is 8.78 Å². The quantitative estimate of drug-likeness (QED) is 0.525. The maximum absolute atomic E-state index is 11.7. The normalized spacial score (nSPS) is 18.1. The summed E-state index contributed by atoms with van der Waals surface area (Å²) in [6, 6.07) is 0. The maximum Gasteiger partial charge on any atom is 0.373 e. The number of alkyl halides is 2. The molecule has 0 heterocycles. The highest BCUT2D eigenvalue weighted by Crippen LogP contribution is 2.27. The standard InChI is InChI=1S/C11H18F2O2/c12-10(13)11(14)15-8-4-7-9-5-2-1-3-6-9/h9-10H,1-8H2. The van der Waals surface area contributed by atoms with E-state index in [1.165, 1.54) is 32.1 Å². The molecule has 4 heteroatoms. The lowest BCUT2D eigenvalue weighted by Gasteiger charge is -2.21. The molecule has 0 radical (unpaired) electrons. The number of halogens is 2. The lowest BCUT2D eigenvalue weighted by atomic mass is 9.86. The fourth-order valence-corrected chi connectivity index (χ4v) is 2.08. The van der Waals surface area contributed by atoms with Gasteiger partial charge in [-0.2, -0.15) is 8.78 Å². The summed E-state index contributed by atoms with van der Waals surface area (Å²) in [5.41, 5.74) is 0. The Kier molecular flexibility index (Phi) is 5.58. The summed E-state index contributed by atoms with van der Waals surface area (Å²) in [5.74, 6) is -0.678. The molecule has 0 aromatic heterocycles. The Morgan fingerprint density at radius 2 is 1.93 bits per heavy atom. The van der Waals surface area contributed by atoms with Gasteiger partial charge < -0.3 is 4.74 Å². The smallest absolute Gasteiger partial charge is 0.373 e. The molecule has 0 N–H and O–H groups in total. The average Bonchev–Trinajstić information content (AvgIpc) is 2.25. The molecular weight excluding hydrogens is 202 g/mol. The number of carbonyl (C=O) groups excluding carboxylic acids is 1. The maximum atomic E-state index is 11.7. The number of rotatable bonds is 5. The molecule has 0 amide bonds. The second kappa shape index (κ2) is 6.75. The van der Waals surface area contributed by atoms with Crippen molar-refractivity contribution in [3.8, 4) is 0 Å². The molecule has 1 rings (SSSR count). The highest BCUT2D eigenvalue weighted by Gasteiger charge is 2.17. The molecular formula is C11H18F2O2. The van der Waals surface area contributed by atoms with E-state index in [0.717, 1.165) is 6.42 Å². The number of esters is 1. The SMILES string of the molecule is O=C(OCCCC1CCCCC1)C(F)F. The minimum atomic E-state index is -2.99. The van der Waals surface area contributed by atoms with E-state index in [0.29, 0.717) is 12.3 Å². The molecule has 0 aromatic carbocycles. The molecule has 88 valence electrons. The van der Waals surface area contributed by atoms with E-state index in [-0.39, 0.29) is 6.61 Å². The summed E-state index contributed by atoms with van der Waals surface area (Å²) in [5, 5.41) is 0. The minimum Gasteiger partial charge on any atom is -0.461 e. The second-order valence-corrected chi connectivity index (χ2v) is 4.11. The fourth-order valence-electron chi connectivity index (χ4n) is 2.08. The molecule has 0 atom stereocenters. The zero-order valence-electron chi connectivity index (χ0n) is 8.88. The zero-order valence-corrected chi connectivity index (χ0v) is 8.88. The summed E-state index contributed by atoms with van der Waals surface area (Å²) in [6.45, 7) is 0.139. The van der Waals surface area contributed by atoms with Crippen LogP contribution in [0.5, 0.6) is 0 Å². The molecule has 0 aliphatic heterocycles. The molecule has 0 bridgehead atoms. The Labute approximate surface area is 89.0 Å². The first-order chi connectivity index (χ1) is 7.20. The van der Waals surface area contributed by atoms with Crippen molar-refractivity contribution in [2.45, 2.75) is 51.4 Å². The van der Waals surface area contributed by atoms with Crippen LogP contribution in [0.3, 0.4) is 0 Å². The van der Waals surface area contributed by atoms with Crippen LogP contribution >= 0.6 is 0 Å². The van der Waals surface area contributed by atoms with Crippen LogP contribution in [-0.4, -0.2) is 19.0 Å². The zero-order chi connectivity index (χ0) is 11.1. The van der Waals surface area contributed by atoms with Crippen molar-refractivity contribution in [3.05, 3.63) is 0 Å². The Morgan fingerprint density at radius 1 is 1.27 bits per heavy atom. The van der Waals surface area contributed by atoms with Crippen LogP contribution in [0.15, 0.2) is 0 Å². The molecule has 0 spiro atoms. The highest BCUT2D eigenvalue weighted by molar-refractivity contribution is 5.72. The lowest BCUT2D eigenvalue weighted by molar-refractivity contribution is -0.156. The number of ether oxygens (including phenoxy) is 1. The van der Waals surface area contributed by atoms with Crippen LogP contribution < -0.4 is 0 Å². The first-order valence-corrected chi connectivity index (χ1v) is 5.65. The van der Waals surface area contributed by atoms with E-state index in [9.17, 15) is 13.6 Å². The van der Waals surface area contributed by atoms with E-state index in [1.54, 1.807) is 0 Å². The summed E-state index contributed by atoms with van der Waals surface area (Å²) in [4.78, 5) is 10.4. The first kappa shape index (κ1) is 12.4. The van der Waals surface area contributed by atoms with Gasteiger partial charge in [0.15, 0.2) is 0 Å². The Balaban J connectivity index is 1.98. The van der Waals surface area contributed by atoms with E-state index in [1.807, 2.05) is 0 Å². The van der Waals surface area contributed by atoms with Gasteiger partial charge in [0, 0.05) is 0 Å². The van der Waals surface area contributed by atoms with Gasteiger partial charge in [0.25, 0.3) is 0 Å². The topological polar surface area (TPSA) is 26.3 Å². The monoisotopic (exact) mass is 220 g/mol. The predicted molar refractivity (Wildman–Crippen MR) is 52.8 cm³/mol. The van der Waals surface area contributed by atoms with Gasteiger partial charge in [-0.05, 0) is 18.8 Å². The summed E-state index contributed by atoms with van der Waals surface area (Å²) >= 11 is 0. The van der Waals surface area contributed by atoms with Crippen LogP contribution in [0, 0.1) is 5.92 Å². The van der Waals surface area contributed by atoms with Gasteiger partial charge in [-0.15, -0.1) is 0 Å². The predicted octanol–water partition coefficient (Wildman–Crippen LogP) is 3.16. The number of hydrogen-bond donors (Lipinski definition) is 0. The van der Waals surface area contributed by atoms with Crippen LogP contribution in [-0.2, 0) is 9.53 Å². The number of hydrogen-bond acceptors (Lipinski definition) is 2.